The number of hydrogen-bond acceptors (Lipinski definition) is 7. The molecule has 2 saturated heterocycles. The third-order valence-electron chi connectivity index (χ3n) is 5.11. The summed E-state index contributed by atoms with van der Waals surface area (Å²) in [6, 6.07) is 5.96. The molecule has 174 valence electrons. The fraction of sp³-hybridized carbons (Fsp3) is 0.450. The molecule has 0 atom stereocenters. The number of thioether (sulfide) groups is 1. The number of amides is 3. The minimum Gasteiger partial charge on any atom is -0.353 e. The van der Waals surface area contributed by atoms with Gasteiger partial charge in [0.25, 0.3) is 11.1 Å². The summed E-state index contributed by atoms with van der Waals surface area (Å²) in [5.74, 6) is -1.28. The summed E-state index contributed by atoms with van der Waals surface area (Å²) in [5, 5.41) is 2.21. The normalized spacial score (nSPS) is 20.1. The van der Waals surface area contributed by atoms with Crippen LogP contribution in [0.25, 0.3) is 6.08 Å². The zero-order valence-corrected chi connectivity index (χ0v) is 19.3. The van der Waals surface area contributed by atoms with E-state index in [1.165, 1.54) is 34.8 Å². The Kier molecular flexibility index (Phi) is 8.04. The van der Waals surface area contributed by atoms with Crippen LogP contribution in [0.3, 0.4) is 0 Å². The van der Waals surface area contributed by atoms with Gasteiger partial charge in [0.1, 0.15) is 5.82 Å². The molecule has 2 aliphatic rings. The van der Waals surface area contributed by atoms with Gasteiger partial charge in [-0.25, -0.2) is 17.1 Å². The van der Waals surface area contributed by atoms with Gasteiger partial charge in [-0.3, -0.25) is 24.2 Å². The van der Waals surface area contributed by atoms with Gasteiger partial charge >= 0.3 is 0 Å². The van der Waals surface area contributed by atoms with Crippen LogP contribution >= 0.6 is 11.8 Å². The lowest BCUT2D eigenvalue weighted by atomic mass is 10.2. The molecule has 0 aromatic heterocycles. The third kappa shape index (κ3) is 6.37. The molecule has 9 nitrogen and oxygen atoms in total. The van der Waals surface area contributed by atoms with E-state index in [1.807, 2.05) is 4.90 Å². The molecule has 12 heteroatoms. The zero-order valence-electron chi connectivity index (χ0n) is 17.6. The molecule has 1 aromatic carbocycles. The van der Waals surface area contributed by atoms with Gasteiger partial charge in [0.05, 0.1) is 17.7 Å². The quantitative estimate of drug-likeness (QED) is 0.574. The van der Waals surface area contributed by atoms with Crippen molar-refractivity contribution in [3.63, 3.8) is 0 Å². The van der Waals surface area contributed by atoms with E-state index in [9.17, 15) is 27.2 Å². The van der Waals surface area contributed by atoms with E-state index < -0.39 is 27.0 Å². The van der Waals surface area contributed by atoms with Gasteiger partial charge in [-0.2, -0.15) is 0 Å². The first-order valence-electron chi connectivity index (χ1n) is 10.1. The predicted octanol–water partition coefficient (Wildman–Crippen LogP) is 0.946. The number of nitrogens with one attached hydrogen (secondary N) is 1. The van der Waals surface area contributed by atoms with Crippen molar-refractivity contribution in [1.29, 1.82) is 0 Å². The Morgan fingerprint density at radius 3 is 2.66 bits per heavy atom. The van der Waals surface area contributed by atoms with E-state index in [2.05, 4.69) is 5.32 Å². The Labute approximate surface area is 190 Å². The number of imide groups is 1. The van der Waals surface area contributed by atoms with Gasteiger partial charge in [-0.1, -0.05) is 18.2 Å². The van der Waals surface area contributed by atoms with E-state index in [-0.39, 0.29) is 36.0 Å². The highest BCUT2D eigenvalue weighted by Gasteiger charge is 2.34. The van der Waals surface area contributed by atoms with Crippen molar-refractivity contribution in [2.45, 2.75) is 6.42 Å². The molecule has 1 aromatic rings. The summed E-state index contributed by atoms with van der Waals surface area (Å²) in [7, 11) is -3.25. The monoisotopic (exact) mass is 484 g/mol. The van der Waals surface area contributed by atoms with Crippen molar-refractivity contribution >= 4 is 44.9 Å². The molecule has 0 bridgehead atoms. The van der Waals surface area contributed by atoms with E-state index >= 15 is 0 Å². The second kappa shape index (κ2) is 10.6. The minimum absolute atomic E-state index is 0.00682. The Balaban J connectivity index is 1.47. The largest absolute Gasteiger partial charge is 0.353 e. The lowest BCUT2D eigenvalue weighted by molar-refractivity contribution is -0.124. The van der Waals surface area contributed by atoms with Crippen LogP contribution in [0.4, 0.5) is 9.18 Å². The summed E-state index contributed by atoms with van der Waals surface area (Å²) in [6.07, 6.45) is 3.15. The molecule has 2 aliphatic heterocycles. The minimum atomic E-state index is -3.25. The first-order chi connectivity index (χ1) is 15.1. The number of nitrogens with zero attached hydrogens (tertiary/aromatic N) is 3. The number of hydrogen-bond donors (Lipinski definition) is 1. The van der Waals surface area contributed by atoms with Gasteiger partial charge in [0.2, 0.25) is 15.9 Å². The molecule has 32 heavy (non-hydrogen) atoms. The van der Waals surface area contributed by atoms with Crippen molar-refractivity contribution in [1.82, 2.24) is 19.4 Å². The van der Waals surface area contributed by atoms with Crippen molar-refractivity contribution in [2.24, 2.45) is 0 Å². The van der Waals surface area contributed by atoms with Crippen LogP contribution in [0.1, 0.15) is 12.0 Å². The Morgan fingerprint density at radius 2 is 1.94 bits per heavy atom. The van der Waals surface area contributed by atoms with Gasteiger partial charge in [-0.05, 0) is 36.9 Å². The zero-order chi connectivity index (χ0) is 23.3. The highest BCUT2D eigenvalue weighted by molar-refractivity contribution is 8.18. The van der Waals surface area contributed by atoms with Crippen LogP contribution in [-0.4, -0.2) is 91.6 Å². The van der Waals surface area contributed by atoms with Crippen LogP contribution < -0.4 is 5.32 Å². The van der Waals surface area contributed by atoms with Crippen molar-refractivity contribution in [3.05, 3.63) is 40.6 Å². The van der Waals surface area contributed by atoms with Crippen LogP contribution in [0.5, 0.6) is 0 Å². The van der Waals surface area contributed by atoms with E-state index in [1.54, 1.807) is 6.07 Å². The first-order valence-corrected chi connectivity index (χ1v) is 12.8. The molecule has 1 N–H and O–H groups in total. The Hall–Kier alpha value is -2.28. The lowest BCUT2D eigenvalue weighted by Crippen LogP contribution is -2.42. The molecule has 0 unspecified atom stereocenters. The van der Waals surface area contributed by atoms with E-state index in [4.69, 9.17) is 0 Å². The average Bonchev–Trinajstić information content (AvgIpc) is 2.88. The summed E-state index contributed by atoms with van der Waals surface area (Å²) in [5.41, 5.74) is 0.221. The van der Waals surface area contributed by atoms with Crippen molar-refractivity contribution < 1.29 is 27.2 Å². The highest BCUT2D eigenvalue weighted by Crippen LogP contribution is 2.32. The van der Waals surface area contributed by atoms with Crippen LogP contribution in [-0.2, 0) is 19.6 Å². The maximum atomic E-state index is 13.8. The second-order valence-electron chi connectivity index (χ2n) is 7.50. The molecule has 0 saturated carbocycles. The van der Waals surface area contributed by atoms with Crippen LogP contribution in [0.2, 0.25) is 0 Å². The van der Waals surface area contributed by atoms with Crippen LogP contribution in [0.15, 0.2) is 29.2 Å². The SMILES string of the molecule is CS(=O)(=O)N1CCCN(CC(=O)NCCN2C(=O)S/C(=C\c3ccccc3F)C2=O)CC1. The number of carbonyl (C=O) groups excluding carboxylic acids is 3. The fourth-order valence-corrected chi connectivity index (χ4v) is 5.16. The van der Waals surface area contributed by atoms with E-state index in [0.717, 1.165) is 16.7 Å². The molecule has 2 heterocycles. The summed E-state index contributed by atoms with van der Waals surface area (Å²) < 4.78 is 38.6. The van der Waals surface area contributed by atoms with Crippen molar-refractivity contribution in [3.8, 4) is 0 Å². The number of carbonyl (C=O) groups is 3. The van der Waals surface area contributed by atoms with Gasteiger partial charge in [-0.15, -0.1) is 0 Å². The summed E-state index contributed by atoms with van der Waals surface area (Å²) in [6.45, 7) is 2.01. The molecular formula is C20H25FN4O5S2. The molecule has 0 radical (unpaired) electrons. The highest BCUT2D eigenvalue weighted by atomic mass is 32.2. The summed E-state index contributed by atoms with van der Waals surface area (Å²) in [4.78, 5) is 39.9. The standard InChI is InChI=1S/C20H25FN4O5S2/c1-32(29,30)24-9-4-8-23(11-12-24)14-18(26)22-7-10-25-19(27)17(31-20(25)28)13-15-5-2-3-6-16(15)21/h2-3,5-6,13H,4,7-12,14H2,1H3,(H,22,26)/b17-13-. The fourth-order valence-electron chi connectivity index (χ4n) is 3.43. The Morgan fingerprint density at radius 1 is 1.19 bits per heavy atom. The lowest BCUT2D eigenvalue weighted by Gasteiger charge is -2.20. The molecule has 3 rings (SSSR count). The smallest absolute Gasteiger partial charge is 0.293 e. The number of halogens is 1. The van der Waals surface area contributed by atoms with E-state index in [0.29, 0.717) is 32.6 Å². The number of benzene rings is 1. The summed E-state index contributed by atoms with van der Waals surface area (Å²) >= 11 is 0.734. The number of rotatable bonds is 7. The third-order valence-corrected chi connectivity index (χ3v) is 7.32. The predicted molar refractivity (Wildman–Crippen MR) is 120 cm³/mol. The molecule has 2 fully saturated rings. The van der Waals surface area contributed by atoms with Crippen LogP contribution in [0, 0.1) is 5.82 Å². The van der Waals surface area contributed by atoms with Gasteiger partial charge < -0.3 is 5.32 Å². The Bertz CT molecular complexity index is 1030. The molecule has 0 aliphatic carbocycles. The topological polar surface area (TPSA) is 107 Å². The van der Waals surface area contributed by atoms with Gasteiger partial charge in [0, 0.05) is 38.3 Å². The second-order valence-corrected chi connectivity index (χ2v) is 10.5. The first kappa shape index (κ1) is 24.4. The molecular weight excluding hydrogens is 459 g/mol. The maximum absolute atomic E-state index is 13.8. The molecule has 3 amide bonds. The van der Waals surface area contributed by atoms with Crippen molar-refractivity contribution in [2.75, 3.05) is 52.1 Å². The van der Waals surface area contributed by atoms with Gasteiger partial charge in [0.15, 0.2) is 0 Å². The molecule has 0 spiro atoms. The maximum Gasteiger partial charge on any atom is 0.293 e. The number of sulfonamides is 1. The average molecular weight is 485 g/mol.